The molecule has 0 aromatic heterocycles. The molecule has 32 heavy (non-hydrogen) atoms. The van der Waals surface area contributed by atoms with Crippen LogP contribution < -0.4 is 9.47 Å². The average Bonchev–Trinajstić information content (AvgIpc) is 3.32. The van der Waals surface area contributed by atoms with E-state index in [-0.39, 0.29) is 23.7 Å². The Balaban J connectivity index is 1.30. The summed E-state index contributed by atoms with van der Waals surface area (Å²) < 4.78 is 66.7. The minimum absolute atomic E-state index is 0.118. The molecule has 2 fully saturated rings. The van der Waals surface area contributed by atoms with E-state index in [2.05, 4.69) is 17.0 Å². The van der Waals surface area contributed by atoms with Gasteiger partial charge in [-0.15, -0.1) is 0 Å². The van der Waals surface area contributed by atoms with Crippen molar-refractivity contribution in [3.05, 3.63) is 59.7 Å². The van der Waals surface area contributed by atoms with Crippen molar-refractivity contribution in [1.82, 2.24) is 4.90 Å². The van der Waals surface area contributed by atoms with Crippen LogP contribution in [0, 0.1) is 0 Å². The number of rotatable bonds is 10. The third-order valence-corrected chi connectivity index (χ3v) is 6.59. The molecule has 2 aromatic rings. The molecular formula is C27H37NO4. The van der Waals surface area contributed by atoms with Crippen LogP contribution in [0.25, 0.3) is 0 Å². The number of hydrogen-bond donors (Lipinski definition) is 0. The zero-order valence-electron chi connectivity index (χ0n) is 24.5. The number of likely N-dealkylation sites (tertiary alicyclic amines) is 1. The molecule has 0 bridgehead atoms. The maximum atomic E-state index is 7.40. The highest BCUT2D eigenvalue weighted by molar-refractivity contribution is 5.42. The van der Waals surface area contributed by atoms with Gasteiger partial charge in [-0.05, 0) is 48.9 Å². The molecule has 4 rings (SSSR count). The van der Waals surface area contributed by atoms with E-state index in [0.717, 1.165) is 44.3 Å². The van der Waals surface area contributed by atoms with Gasteiger partial charge in [-0.2, -0.15) is 0 Å². The lowest BCUT2D eigenvalue weighted by Crippen LogP contribution is -2.46. The summed E-state index contributed by atoms with van der Waals surface area (Å²) in [6.45, 7) is 3.02. The Morgan fingerprint density at radius 1 is 0.906 bits per heavy atom. The molecule has 1 aliphatic heterocycles. The predicted octanol–water partition coefficient (Wildman–Crippen LogP) is 4.87. The molecule has 0 radical (unpaired) electrons. The molecule has 2 aromatic carbocycles. The zero-order valence-corrected chi connectivity index (χ0v) is 18.5. The molecule has 5 heteroatoms. The van der Waals surface area contributed by atoms with Gasteiger partial charge in [-0.3, -0.25) is 4.90 Å². The number of nitrogens with zero attached hydrogens (tertiary/aromatic N) is 1. The summed E-state index contributed by atoms with van der Waals surface area (Å²) in [5, 5.41) is 0. The van der Waals surface area contributed by atoms with Crippen LogP contribution in [0.5, 0.6) is 11.5 Å². The van der Waals surface area contributed by atoms with Gasteiger partial charge in [0.15, 0.2) is 11.5 Å². The van der Waals surface area contributed by atoms with E-state index < -0.39 is 14.1 Å². The fraction of sp³-hybridized carbons (Fsp3) is 0.556. The van der Waals surface area contributed by atoms with Crippen molar-refractivity contribution in [2.45, 2.75) is 63.4 Å². The molecule has 5 nitrogen and oxygen atoms in total. The fourth-order valence-electron chi connectivity index (χ4n) is 4.87. The summed E-state index contributed by atoms with van der Waals surface area (Å²) in [4.78, 5) is 2.52. The highest BCUT2D eigenvalue weighted by Crippen LogP contribution is 2.30. The maximum Gasteiger partial charge on any atom is 0.160 e. The van der Waals surface area contributed by atoms with E-state index in [0.29, 0.717) is 25.7 Å². The molecule has 1 saturated carbocycles. The van der Waals surface area contributed by atoms with Crippen molar-refractivity contribution in [3.8, 4) is 11.5 Å². The van der Waals surface area contributed by atoms with Crippen LogP contribution in [0.15, 0.2) is 48.5 Å². The smallest absolute Gasteiger partial charge is 0.160 e. The van der Waals surface area contributed by atoms with Gasteiger partial charge in [0.25, 0.3) is 0 Å². The second-order valence-electron chi connectivity index (χ2n) is 8.70. The molecule has 174 valence electrons. The molecule has 1 unspecified atom stereocenters. The van der Waals surface area contributed by atoms with Gasteiger partial charge in [-0.25, -0.2) is 0 Å². The summed E-state index contributed by atoms with van der Waals surface area (Å²) in [6, 6.07) is 15.3. The molecule has 1 aliphatic carbocycles. The van der Waals surface area contributed by atoms with E-state index in [1.54, 1.807) is 6.07 Å². The lowest BCUT2D eigenvalue weighted by molar-refractivity contribution is -0.0352. The van der Waals surface area contributed by atoms with Gasteiger partial charge in [0.1, 0.15) is 0 Å². The number of ether oxygens (including phenoxy) is 4. The normalized spacial score (nSPS) is 27.4. The van der Waals surface area contributed by atoms with E-state index >= 15 is 0 Å². The van der Waals surface area contributed by atoms with Crippen molar-refractivity contribution in [3.63, 3.8) is 0 Å². The van der Waals surface area contributed by atoms with E-state index in [1.165, 1.54) is 24.1 Å². The van der Waals surface area contributed by atoms with Crippen molar-refractivity contribution in [2.75, 3.05) is 33.8 Å². The Hall–Kier alpha value is -2.08. The third-order valence-electron chi connectivity index (χ3n) is 6.59. The highest BCUT2D eigenvalue weighted by Gasteiger charge is 2.35. The third kappa shape index (κ3) is 6.03. The summed E-state index contributed by atoms with van der Waals surface area (Å²) in [5.41, 5.74) is 1.97. The van der Waals surface area contributed by atoms with E-state index in [4.69, 9.17) is 27.2 Å². The summed E-state index contributed by atoms with van der Waals surface area (Å²) in [5.74, 6) is -0.246. The highest BCUT2D eigenvalue weighted by atomic mass is 16.5. The summed E-state index contributed by atoms with van der Waals surface area (Å²) in [7, 11) is -5.44. The monoisotopic (exact) mass is 445 g/mol. The zero-order chi connectivity index (χ0) is 27.2. The first kappa shape index (κ1) is 16.5. The van der Waals surface area contributed by atoms with Gasteiger partial charge < -0.3 is 18.9 Å². The van der Waals surface area contributed by atoms with Gasteiger partial charge in [0.05, 0.1) is 47.7 Å². The molecule has 0 amide bonds. The summed E-state index contributed by atoms with van der Waals surface area (Å²) >= 11 is 0. The van der Waals surface area contributed by atoms with Crippen LogP contribution in [0.4, 0.5) is 0 Å². The Morgan fingerprint density at radius 2 is 1.75 bits per heavy atom. The molecule has 3 atom stereocenters. The second kappa shape index (κ2) is 11.7. The molecule has 1 heterocycles. The van der Waals surface area contributed by atoms with Gasteiger partial charge in [0, 0.05) is 19.1 Å². The maximum absolute atomic E-state index is 7.40. The van der Waals surface area contributed by atoms with Crippen LogP contribution in [-0.4, -0.2) is 56.9 Å². The van der Waals surface area contributed by atoms with Crippen LogP contribution in [0.2, 0.25) is 0 Å². The number of benzene rings is 2. The minimum Gasteiger partial charge on any atom is -0.493 e. The SMILES string of the molecule is [2H]C([2H])([2H])Oc1ccc(CCO[C@H]2CCCCC2N2CC[C@@H](OCc3ccccc3)C2)cc1OC([2H])([2H])[2H]. The second-order valence-corrected chi connectivity index (χ2v) is 8.70. The van der Waals surface area contributed by atoms with Gasteiger partial charge >= 0.3 is 0 Å². The van der Waals surface area contributed by atoms with Crippen molar-refractivity contribution in [2.24, 2.45) is 0 Å². The van der Waals surface area contributed by atoms with Crippen molar-refractivity contribution in [1.29, 1.82) is 0 Å². The first-order valence-corrected chi connectivity index (χ1v) is 11.6. The molecule has 0 N–H and O–H groups in total. The van der Waals surface area contributed by atoms with Crippen LogP contribution >= 0.6 is 0 Å². The standard InChI is InChI=1S/C27H37NO4/c1-29-26-13-12-21(18-27(26)30-2)15-17-31-25-11-7-6-10-24(25)28-16-14-23(19-28)32-20-22-8-4-3-5-9-22/h3-5,8-9,12-13,18,23-25H,6-7,10-11,14-17,19-20H2,1-2H3/t23-,24?,25+/m1/s1/i1D3,2D3. The van der Waals surface area contributed by atoms with Gasteiger partial charge in [0.2, 0.25) is 0 Å². The van der Waals surface area contributed by atoms with Crippen LogP contribution in [0.3, 0.4) is 0 Å². The quantitative estimate of drug-likeness (QED) is 0.522. The van der Waals surface area contributed by atoms with Crippen LogP contribution in [-0.2, 0) is 22.5 Å². The number of methoxy groups -OCH3 is 2. The molecular weight excluding hydrogens is 402 g/mol. The van der Waals surface area contributed by atoms with Gasteiger partial charge in [-0.1, -0.05) is 49.2 Å². The van der Waals surface area contributed by atoms with Crippen molar-refractivity contribution < 1.29 is 27.2 Å². The van der Waals surface area contributed by atoms with E-state index in [9.17, 15) is 0 Å². The van der Waals surface area contributed by atoms with Crippen molar-refractivity contribution >= 4 is 0 Å². The largest absolute Gasteiger partial charge is 0.493 e. The first-order chi connectivity index (χ1) is 18.1. The average molecular weight is 446 g/mol. The first-order valence-electron chi connectivity index (χ1n) is 14.6. The topological polar surface area (TPSA) is 40.2 Å². The Bertz CT molecular complexity index is 1020. The lowest BCUT2D eigenvalue weighted by atomic mass is 9.91. The summed E-state index contributed by atoms with van der Waals surface area (Å²) in [6.07, 6.45) is 6.36. The Kier molecular flexibility index (Phi) is 6.03. The fourth-order valence-corrected chi connectivity index (χ4v) is 4.87. The molecule has 1 saturated heterocycles. The van der Waals surface area contributed by atoms with E-state index in [1.807, 2.05) is 18.2 Å². The molecule has 2 aliphatic rings. The van der Waals surface area contributed by atoms with Crippen LogP contribution in [0.1, 0.15) is 51.5 Å². The Labute approximate surface area is 201 Å². The Morgan fingerprint density at radius 3 is 2.62 bits per heavy atom. The minimum atomic E-state index is -2.73. The predicted molar refractivity (Wildman–Crippen MR) is 126 cm³/mol. The lowest BCUT2D eigenvalue weighted by Gasteiger charge is -2.37. The number of hydrogen-bond acceptors (Lipinski definition) is 5. The molecule has 0 spiro atoms.